The van der Waals surface area contributed by atoms with E-state index in [1.165, 1.54) is 0 Å². The third kappa shape index (κ3) is 6.90. The monoisotopic (exact) mass is 622 g/mol. The fourth-order valence-electron chi connectivity index (χ4n) is 5.93. The number of nitrogens with one attached hydrogen (secondary N) is 2. The lowest BCUT2D eigenvalue weighted by Gasteiger charge is -2.34. The molecule has 10 heteroatoms. The number of likely N-dealkylation sites (tertiary alicyclic amines) is 1. The van der Waals surface area contributed by atoms with Crippen molar-refractivity contribution < 1.29 is 19.1 Å². The van der Waals surface area contributed by atoms with E-state index in [-0.39, 0.29) is 29.4 Å². The molecule has 1 aliphatic heterocycles. The predicted molar refractivity (Wildman–Crippen MR) is 179 cm³/mol. The van der Waals surface area contributed by atoms with E-state index >= 15 is 0 Å². The number of amides is 2. The fourth-order valence-corrected chi connectivity index (χ4v) is 5.93. The maximum atomic E-state index is 12.9. The molecule has 2 amide bonds. The zero-order valence-corrected chi connectivity index (χ0v) is 27.4. The minimum atomic E-state index is -0.547. The lowest BCUT2D eigenvalue weighted by Crippen LogP contribution is -2.47. The van der Waals surface area contributed by atoms with Crippen LogP contribution >= 0.6 is 0 Å². The second-order valence-electron chi connectivity index (χ2n) is 14.0. The molecule has 2 atom stereocenters. The van der Waals surface area contributed by atoms with Crippen molar-refractivity contribution >= 4 is 34.4 Å². The Bertz CT molecular complexity index is 1780. The van der Waals surface area contributed by atoms with Gasteiger partial charge in [-0.2, -0.15) is 0 Å². The molecule has 2 fully saturated rings. The van der Waals surface area contributed by atoms with E-state index in [1.807, 2.05) is 76.2 Å². The van der Waals surface area contributed by atoms with Crippen molar-refractivity contribution in [2.24, 2.45) is 11.3 Å². The van der Waals surface area contributed by atoms with Gasteiger partial charge in [-0.05, 0) is 82.2 Å². The largest absolute Gasteiger partial charge is 0.444 e. The van der Waals surface area contributed by atoms with Gasteiger partial charge in [0, 0.05) is 53.9 Å². The summed E-state index contributed by atoms with van der Waals surface area (Å²) >= 11 is 0. The van der Waals surface area contributed by atoms with Crippen LogP contribution in [0.1, 0.15) is 59.4 Å². The number of carbonyl (C=O) groups is 2. The lowest BCUT2D eigenvalue weighted by atomic mass is 10.0. The predicted octanol–water partition coefficient (Wildman–Crippen LogP) is 7.59. The molecule has 2 N–H and O–H groups in total. The number of rotatable bonds is 7. The number of piperidine rings is 1. The Balaban J connectivity index is 1.23. The van der Waals surface area contributed by atoms with Crippen LogP contribution in [0.15, 0.2) is 60.9 Å². The highest BCUT2D eigenvalue weighted by molar-refractivity contribution is 6.05. The molecule has 1 aliphatic carbocycles. The maximum absolute atomic E-state index is 12.9. The van der Waals surface area contributed by atoms with Crippen LogP contribution in [0.5, 0.6) is 11.6 Å². The number of pyridine rings is 1. The Morgan fingerprint density at radius 1 is 1.00 bits per heavy atom. The summed E-state index contributed by atoms with van der Waals surface area (Å²) in [6.45, 7) is 13.0. The summed E-state index contributed by atoms with van der Waals surface area (Å²) in [5.41, 5.74) is 2.56. The molecule has 4 aromatic rings. The van der Waals surface area contributed by atoms with Crippen LogP contribution in [-0.2, 0) is 9.53 Å². The van der Waals surface area contributed by atoms with E-state index in [0.29, 0.717) is 41.9 Å². The summed E-state index contributed by atoms with van der Waals surface area (Å²) in [4.78, 5) is 41.2. The normalized spacial score (nSPS) is 19.0. The van der Waals surface area contributed by atoms with Gasteiger partial charge in [-0.25, -0.2) is 19.7 Å². The molecule has 0 radical (unpaired) electrons. The Hall–Kier alpha value is -4.73. The van der Waals surface area contributed by atoms with Crippen molar-refractivity contribution in [1.29, 1.82) is 0 Å². The van der Waals surface area contributed by atoms with E-state index in [2.05, 4.69) is 34.4 Å². The van der Waals surface area contributed by atoms with Gasteiger partial charge in [0.15, 0.2) is 0 Å². The number of anilines is 2. The molecular weight excluding hydrogens is 580 g/mol. The van der Waals surface area contributed by atoms with E-state index in [9.17, 15) is 9.59 Å². The van der Waals surface area contributed by atoms with Crippen LogP contribution in [0.25, 0.3) is 22.0 Å². The molecule has 6 rings (SSSR count). The van der Waals surface area contributed by atoms with Crippen molar-refractivity contribution in [3.05, 3.63) is 66.5 Å². The minimum Gasteiger partial charge on any atom is -0.444 e. The highest BCUT2D eigenvalue weighted by Crippen LogP contribution is 2.52. The van der Waals surface area contributed by atoms with Gasteiger partial charge in [0.2, 0.25) is 17.7 Å². The van der Waals surface area contributed by atoms with E-state index in [4.69, 9.17) is 14.5 Å². The first-order valence-corrected chi connectivity index (χ1v) is 15.9. The number of hydrogen-bond donors (Lipinski definition) is 2. The van der Waals surface area contributed by atoms with Crippen molar-refractivity contribution in [3.63, 3.8) is 0 Å². The topological polar surface area (TPSA) is 119 Å². The average Bonchev–Trinajstić information content (AvgIpc) is 3.66. The number of nitrogens with zero attached hydrogens (tertiary/aromatic N) is 4. The first-order chi connectivity index (χ1) is 21.9. The van der Waals surface area contributed by atoms with Crippen molar-refractivity contribution in [3.8, 4) is 22.9 Å². The van der Waals surface area contributed by atoms with Crippen LogP contribution in [0.2, 0.25) is 0 Å². The minimum absolute atomic E-state index is 0.0138. The van der Waals surface area contributed by atoms with Crippen molar-refractivity contribution in [2.45, 2.75) is 72.4 Å². The molecule has 240 valence electrons. The van der Waals surface area contributed by atoms with Gasteiger partial charge in [0.1, 0.15) is 11.4 Å². The van der Waals surface area contributed by atoms with Gasteiger partial charge in [-0.3, -0.25) is 4.79 Å². The Morgan fingerprint density at radius 2 is 1.80 bits per heavy atom. The summed E-state index contributed by atoms with van der Waals surface area (Å²) in [6, 6.07) is 15.4. The van der Waals surface area contributed by atoms with Gasteiger partial charge in [-0.15, -0.1) is 0 Å². The fraction of sp³-hybridized carbons (Fsp3) is 0.417. The van der Waals surface area contributed by atoms with Crippen LogP contribution in [0, 0.1) is 18.3 Å². The molecule has 0 unspecified atom stereocenters. The molecule has 0 spiro atoms. The molecule has 0 bridgehead atoms. The number of ether oxygens (including phenoxy) is 2. The summed E-state index contributed by atoms with van der Waals surface area (Å²) < 4.78 is 12.1. The molecule has 2 aliphatic rings. The molecule has 2 aromatic carbocycles. The smallest absolute Gasteiger partial charge is 0.410 e. The maximum Gasteiger partial charge on any atom is 0.410 e. The van der Waals surface area contributed by atoms with Crippen LogP contribution in [0.3, 0.4) is 0 Å². The van der Waals surface area contributed by atoms with Gasteiger partial charge in [-0.1, -0.05) is 38.1 Å². The Morgan fingerprint density at radius 3 is 2.57 bits per heavy atom. The van der Waals surface area contributed by atoms with Gasteiger partial charge >= 0.3 is 6.09 Å². The molecule has 1 saturated carbocycles. The van der Waals surface area contributed by atoms with Crippen LogP contribution in [0.4, 0.5) is 16.4 Å². The summed E-state index contributed by atoms with van der Waals surface area (Å²) in [7, 11) is 0. The lowest BCUT2D eigenvalue weighted by molar-refractivity contribution is -0.118. The first-order valence-electron chi connectivity index (χ1n) is 15.9. The number of carbonyl (C=O) groups excluding carboxylic acids is 2. The van der Waals surface area contributed by atoms with E-state index in [1.54, 1.807) is 17.3 Å². The number of fused-ring (bicyclic) bond motifs is 1. The van der Waals surface area contributed by atoms with Crippen molar-refractivity contribution in [1.82, 2.24) is 19.9 Å². The van der Waals surface area contributed by atoms with E-state index in [0.717, 1.165) is 41.3 Å². The number of aromatic nitrogens is 3. The SMILES string of the molecule is Cc1ccc2c(NC(=O)[C@H]3CC3(C)C)cccc2c1Oc1ncccc1-c1ccnc(N[C@H]2CCCN(C(=O)OC(C)(C)C)C2)n1. The van der Waals surface area contributed by atoms with Crippen molar-refractivity contribution in [2.75, 3.05) is 23.7 Å². The molecule has 46 heavy (non-hydrogen) atoms. The second kappa shape index (κ2) is 12.2. The zero-order chi connectivity index (χ0) is 32.6. The zero-order valence-electron chi connectivity index (χ0n) is 27.4. The Kier molecular flexibility index (Phi) is 8.31. The quantitative estimate of drug-likeness (QED) is 0.216. The average molecular weight is 623 g/mol. The number of benzene rings is 2. The Labute approximate surface area is 269 Å². The highest BCUT2D eigenvalue weighted by Gasteiger charge is 2.50. The number of aryl methyl sites for hydroxylation is 1. The van der Waals surface area contributed by atoms with Gasteiger partial charge in [0.25, 0.3) is 0 Å². The van der Waals surface area contributed by atoms with Crippen LogP contribution in [-0.4, -0.2) is 56.6 Å². The first kappa shape index (κ1) is 31.3. The van der Waals surface area contributed by atoms with Crippen LogP contribution < -0.4 is 15.4 Å². The van der Waals surface area contributed by atoms with Gasteiger partial charge in [0.05, 0.1) is 11.3 Å². The molecule has 1 saturated heterocycles. The standard InChI is InChI=1S/C36H42N6O4/c1-22-14-15-24-25(11-7-13-28(24)40-31(43)27-20-36(27,5)6)30(22)45-32-26(12-8-17-37-32)29-16-18-38-33(41-29)39-23-10-9-19-42(21-23)34(44)46-35(2,3)4/h7-8,11-18,23,27H,9-10,19-21H2,1-6H3,(H,40,43)(H,38,39,41)/t23-,27+/m0/s1. The molecular formula is C36H42N6O4. The highest BCUT2D eigenvalue weighted by atomic mass is 16.6. The van der Waals surface area contributed by atoms with E-state index < -0.39 is 5.60 Å². The third-order valence-electron chi connectivity index (χ3n) is 8.60. The third-order valence-corrected chi connectivity index (χ3v) is 8.60. The summed E-state index contributed by atoms with van der Waals surface area (Å²) in [6.07, 6.45) is 5.72. The summed E-state index contributed by atoms with van der Waals surface area (Å²) in [5.74, 6) is 1.60. The molecule has 3 heterocycles. The number of hydrogen-bond acceptors (Lipinski definition) is 8. The van der Waals surface area contributed by atoms with Gasteiger partial charge < -0.3 is 25.0 Å². The molecule has 2 aromatic heterocycles. The summed E-state index contributed by atoms with van der Waals surface area (Å²) in [5, 5.41) is 8.33. The second-order valence-corrected chi connectivity index (χ2v) is 14.0. The molecule has 10 nitrogen and oxygen atoms in total.